The van der Waals surface area contributed by atoms with Gasteiger partial charge in [0.25, 0.3) is 0 Å². The lowest BCUT2D eigenvalue weighted by Crippen LogP contribution is -2.32. The molecule has 162 valence electrons. The number of para-hydroxylation sites is 1. The highest BCUT2D eigenvalue weighted by atomic mass is 35.5. The Hall–Kier alpha value is -2.09. The van der Waals surface area contributed by atoms with Gasteiger partial charge in [0, 0.05) is 18.7 Å². The van der Waals surface area contributed by atoms with Gasteiger partial charge in [-0.2, -0.15) is 4.31 Å². The van der Waals surface area contributed by atoms with Crippen LogP contribution >= 0.6 is 11.6 Å². The second kappa shape index (κ2) is 10.3. The Kier molecular flexibility index (Phi) is 7.75. The van der Waals surface area contributed by atoms with Gasteiger partial charge in [-0.05, 0) is 44.0 Å². The summed E-state index contributed by atoms with van der Waals surface area (Å²) in [5.41, 5.74) is 0.876. The van der Waals surface area contributed by atoms with Gasteiger partial charge in [-0.25, -0.2) is 13.2 Å². The third-order valence-corrected chi connectivity index (χ3v) is 7.36. The zero-order valence-electron chi connectivity index (χ0n) is 17.0. The largest absolute Gasteiger partial charge is 0.493 e. The first-order valence-corrected chi connectivity index (χ1v) is 11.9. The second-order valence-electron chi connectivity index (χ2n) is 7.08. The van der Waals surface area contributed by atoms with E-state index in [1.807, 2.05) is 25.1 Å². The molecule has 1 fully saturated rings. The molecule has 30 heavy (non-hydrogen) atoms. The lowest BCUT2D eigenvalue weighted by molar-refractivity contribution is 0.0469. The third-order valence-electron chi connectivity index (χ3n) is 4.98. The van der Waals surface area contributed by atoms with Crippen LogP contribution in [0.2, 0.25) is 5.02 Å². The number of rotatable bonds is 7. The fourth-order valence-corrected chi connectivity index (χ4v) is 5.41. The topological polar surface area (TPSA) is 72.9 Å². The highest BCUT2D eigenvalue weighted by Crippen LogP contribution is 2.28. The van der Waals surface area contributed by atoms with Crippen molar-refractivity contribution in [3.8, 4) is 5.75 Å². The summed E-state index contributed by atoms with van der Waals surface area (Å²) in [7, 11) is -3.78. The van der Waals surface area contributed by atoms with E-state index >= 15 is 0 Å². The van der Waals surface area contributed by atoms with Gasteiger partial charge in [0.2, 0.25) is 10.0 Å². The summed E-state index contributed by atoms with van der Waals surface area (Å²) < 4.78 is 38.6. The fourth-order valence-electron chi connectivity index (χ4n) is 3.40. The van der Waals surface area contributed by atoms with E-state index < -0.39 is 16.0 Å². The summed E-state index contributed by atoms with van der Waals surface area (Å²) in [4.78, 5) is 12.5. The van der Waals surface area contributed by atoms with Crippen molar-refractivity contribution >= 4 is 27.6 Å². The van der Waals surface area contributed by atoms with Crippen molar-refractivity contribution in [2.24, 2.45) is 0 Å². The van der Waals surface area contributed by atoms with Gasteiger partial charge in [-0.1, -0.05) is 42.6 Å². The van der Waals surface area contributed by atoms with Crippen LogP contribution in [0.4, 0.5) is 0 Å². The molecule has 1 aliphatic rings. The lowest BCUT2D eigenvalue weighted by Gasteiger charge is -2.21. The number of halogens is 1. The Morgan fingerprint density at radius 2 is 1.77 bits per heavy atom. The Morgan fingerprint density at radius 3 is 2.47 bits per heavy atom. The third kappa shape index (κ3) is 5.33. The van der Waals surface area contributed by atoms with Crippen LogP contribution in [-0.2, 0) is 21.4 Å². The van der Waals surface area contributed by atoms with Crippen LogP contribution in [0.5, 0.6) is 5.75 Å². The van der Waals surface area contributed by atoms with E-state index in [1.54, 1.807) is 6.07 Å². The first-order valence-electron chi connectivity index (χ1n) is 10.1. The molecule has 8 heteroatoms. The average Bonchev–Trinajstić information content (AvgIpc) is 3.03. The first kappa shape index (κ1) is 22.6. The Balaban J connectivity index is 1.78. The second-order valence-corrected chi connectivity index (χ2v) is 9.39. The maximum absolute atomic E-state index is 13.1. The number of hydrogen-bond acceptors (Lipinski definition) is 5. The number of ether oxygens (including phenoxy) is 2. The van der Waals surface area contributed by atoms with Gasteiger partial charge in [0.1, 0.15) is 17.3 Å². The standard InChI is InChI=1S/C22H26ClNO5S/c1-2-28-20-10-6-5-9-18(20)16-29-22(25)17-11-12-19(23)21(15-17)30(26,27)24-13-7-3-4-8-14-24/h5-6,9-12,15H,2-4,7-8,13-14,16H2,1H3. The molecule has 6 nitrogen and oxygen atoms in total. The molecule has 0 aromatic heterocycles. The first-order chi connectivity index (χ1) is 14.4. The zero-order chi connectivity index (χ0) is 21.6. The summed E-state index contributed by atoms with van der Waals surface area (Å²) in [5.74, 6) is 0.0265. The summed E-state index contributed by atoms with van der Waals surface area (Å²) >= 11 is 6.20. The molecule has 1 heterocycles. The number of carbonyl (C=O) groups is 1. The van der Waals surface area contributed by atoms with Crippen LogP contribution in [0.15, 0.2) is 47.4 Å². The fraction of sp³-hybridized carbons (Fsp3) is 0.409. The summed E-state index contributed by atoms with van der Waals surface area (Å²) in [6.07, 6.45) is 3.65. The molecule has 0 aliphatic carbocycles. The molecule has 0 N–H and O–H groups in total. The van der Waals surface area contributed by atoms with Gasteiger partial charge in [-0.3, -0.25) is 0 Å². The van der Waals surface area contributed by atoms with Crippen LogP contribution in [0.1, 0.15) is 48.5 Å². The van der Waals surface area contributed by atoms with Gasteiger partial charge >= 0.3 is 5.97 Å². The molecule has 2 aromatic carbocycles. The molecule has 0 unspecified atom stereocenters. The molecule has 0 saturated carbocycles. The Morgan fingerprint density at radius 1 is 1.07 bits per heavy atom. The molecular weight excluding hydrogens is 426 g/mol. The van der Waals surface area contributed by atoms with Crippen molar-refractivity contribution in [1.29, 1.82) is 0 Å². The minimum atomic E-state index is -3.78. The number of hydrogen-bond donors (Lipinski definition) is 0. The van der Waals surface area contributed by atoms with Crippen LogP contribution in [0.3, 0.4) is 0 Å². The van der Waals surface area contributed by atoms with E-state index in [0.717, 1.165) is 31.2 Å². The molecule has 0 bridgehead atoms. The van der Waals surface area contributed by atoms with Crippen LogP contribution < -0.4 is 4.74 Å². The minimum absolute atomic E-state index is 0.0197. The molecule has 0 spiro atoms. The molecule has 0 radical (unpaired) electrons. The van der Waals surface area contributed by atoms with Crippen LogP contribution in [0.25, 0.3) is 0 Å². The maximum Gasteiger partial charge on any atom is 0.338 e. The molecular formula is C22H26ClNO5S. The number of sulfonamides is 1. The summed E-state index contributed by atoms with van der Waals surface area (Å²) in [5, 5.41) is 0.0949. The van der Waals surface area contributed by atoms with Crippen molar-refractivity contribution in [1.82, 2.24) is 4.31 Å². The van der Waals surface area contributed by atoms with Gasteiger partial charge in [-0.15, -0.1) is 0 Å². The molecule has 2 aromatic rings. The molecule has 1 aliphatic heterocycles. The number of esters is 1. The maximum atomic E-state index is 13.1. The van der Waals surface area contributed by atoms with E-state index in [1.165, 1.54) is 22.5 Å². The van der Waals surface area contributed by atoms with E-state index in [2.05, 4.69) is 0 Å². The molecule has 3 rings (SSSR count). The highest BCUT2D eigenvalue weighted by molar-refractivity contribution is 7.89. The molecule has 1 saturated heterocycles. The van der Waals surface area contributed by atoms with Crippen molar-refractivity contribution in [3.05, 3.63) is 58.6 Å². The van der Waals surface area contributed by atoms with E-state index in [4.69, 9.17) is 21.1 Å². The van der Waals surface area contributed by atoms with Crippen LogP contribution in [0, 0.1) is 0 Å². The monoisotopic (exact) mass is 451 g/mol. The highest BCUT2D eigenvalue weighted by Gasteiger charge is 2.28. The van der Waals surface area contributed by atoms with Gasteiger partial charge in [0.15, 0.2) is 0 Å². The van der Waals surface area contributed by atoms with E-state index in [-0.39, 0.29) is 22.1 Å². The number of benzene rings is 2. The van der Waals surface area contributed by atoms with Crippen molar-refractivity contribution < 1.29 is 22.7 Å². The SMILES string of the molecule is CCOc1ccccc1COC(=O)c1ccc(Cl)c(S(=O)(=O)N2CCCCCC2)c1. The predicted octanol–water partition coefficient (Wildman–Crippen LogP) is 4.66. The average molecular weight is 452 g/mol. The lowest BCUT2D eigenvalue weighted by atomic mass is 10.2. The van der Waals surface area contributed by atoms with Crippen LogP contribution in [-0.4, -0.2) is 38.4 Å². The minimum Gasteiger partial charge on any atom is -0.493 e. The van der Waals surface area contributed by atoms with Crippen molar-refractivity contribution in [2.75, 3.05) is 19.7 Å². The van der Waals surface area contributed by atoms with E-state index in [0.29, 0.717) is 25.4 Å². The Bertz CT molecular complexity index is 985. The smallest absolute Gasteiger partial charge is 0.338 e. The number of nitrogens with zero attached hydrogens (tertiary/aromatic N) is 1. The van der Waals surface area contributed by atoms with Gasteiger partial charge < -0.3 is 9.47 Å². The zero-order valence-corrected chi connectivity index (χ0v) is 18.5. The quantitative estimate of drug-likeness (QED) is 0.572. The van der Waals surface area contributed by atoms with E-state index in [9.17, 15) is 13.2 Å². The number of carbonyl (C=O) groups excluding carboxylic acids is 1. The normalized spacial score (nSPS) is 15.4. The Labute approximate surface area is 182 Å². The van der Waals surface area contributed by atoms with Crippen molar-refractivity contribution in [2.45, 2.75) is 44.1 Å². The summed E-state index contributed by atoms with van der Waals surface area (Å²) in [6.45, 7) is 3.32. The predicted molar refractivity (Wildman–Crippen MR) is 115 cm³/mol. The van der Waals surface area contributed by atoms with Gasteiger partial charge in [0.05, 0.1) is 17.2 Å². The van der Waals surface area contributed by atoms with Crippen molar-refractivity contribution in [3.63, 3.8) is 0 Å². The molecule has 0 amide bonds. The summed E-state index contributed by atoms with van der Waals surface area (Å²) in [6, 6.07) is 11.5. The molecule has 0 atom stereocenters.